The van der Waals surface area contributed by atoms with Gasteiger partial charge in [0.15, 0.2) is 9.84 Å². The van der Waals surface area contributed by atoms with Gasteiger partial charge in [-0.1, -0.05) is 13.0 Å². The molecule has 7 heteroatoms. The third kappa shape index (κ3) is 4.87. The summed E-state index contributed by atoms with van der Waals surface area (Å²) in [5.41, 5.74) is 2.07. The molecule has 1 atom stereocenters. The Morgan fingerprint density at radius 1 is 1.42 bits per heavy atom. The second kappa shape index (κ2) is 7.88. The van der Waals surface area contributed by atoms with E-state index in [0.717, 1.165) is 23.3 Å². The summed E-state index contributed by atoms with van der Waals surface area (Å²) in [6.45, 7) is 7.15. The molecule has 1 N–H and O–H groups in total. The molecule has 0 saturated carbocycles. The number of nitrogens with zero attached hydrogens (tertiary/aromatic N) is 1. The third-order valence-corrected chi connectivity index (χ3v) is 5.94. The number of hydrogen-bond acceptors (Lipinski definition) is 4. The van der Waals surface area contributed by atoms with Crippen molar-refractivity contribution in [3.8, 4) is 5.75 Å². The number of hydrogen-bond donors (Lipinski definition) is 1. The highest BCUT2D eigenvalue weighted by molar-refractivity contribution is 7.91. The van der Waals surface area contributed by atoms with Crippen molar-refractivity contribution in [3.05, 3.63) is 29.3 Å². The highest BCUT2D eigenvalue weighted by Crippen LogP contribution is 2.18. The van der Waals surface area contributed by atoms with Gasteiger partial charge >= 0.3 is 6.03 Å². The lowest BCUT2D eigenvalue weighted by Crippen LogP contribution is -2.53. The van der Waals surface area contributed by atoms with Crippen molar-refractivity contribution in [1.29, 1.82) is 0 Å². The lowest BCUT2D eigenvalue weighted by atomic mass is 10.1. The summed E-state index contributed by atoms with van der Waals surface area (Å²) in [5, 5.41) is 2.88. The van der Waals surface area contributed by atoms with Crippen LogP contribution in [0.3, 0.4) is 0 Å². The zero-order valence-corrected chi connectivity index (χ0v) is 15.4. The van der Waals surface area contributed by atoms with Crippen molar-refractivity contribution in [3.63, 3.8) is 0 Å². The van der Waals surface area contributed by atoms with Gasteiger partial charge in [-0.3, -0.25) is 0 Å². The lowest BCUT2D eigenvalue weighted by molar-refractivity contribution is 0.184. The van der Waals surface area contributed by atoms with Crippen molar-refractivity contribution < 1.29 is 17.9 Å². The van der Waals surface area contributed by atoms with Gasteiger partial charge in [-0.05, 0) is 43.5 Å². The molecule has 0 bridgehead atoms. The Morgan fingerprint density at radius 2 is 2.17 bits per heavy atom. The Bertz CT molecular complexity index is 688. The molecule has 1 aromatic carbocycles. The van der Waals surface area contributed by atoms with Gasteiger partial charge in [-0.15, -0.1) is 0 Å². The number of rotatable bonds is 5. The van der Waals surface area contributed by atoms with Gasteiger partial charge in [-0.2, -0.15) is 0 Å². The van der Waals surface area contributed by atoms with Crippen LogP contribution in [0.25, 0.3) is 0 Å². The molecule has 2 amide bonds. The van der Waals surface area contributed by atoms with E-state index in [2.05, 4.69) is 12.2 Å². The molecule has 24 heavy (non-hydrogen) atoms. The molecule has 6 nitrogen and oxygen atoms in total. The Kier molecular flexibility index (Phi) is 6.10. The molecule has 2 rings (SSSR count). The Labute approximate surface area is 144 Å². The zero-order chi connectivity index (χ0) is 17.7. The van der Waals surface area contributed by atoms with Crippen molar-refractivity contribution in [1.82, 2.24) is 10.2 Å². The van der Waals surface area contributed by atoms with Crippen molar-refractivity contribution in [2.75, 3.05) is 24.7 Å². The van der Waals surface area contributed by atoms with E-state index in [-0.39, 0.29) is 30.1 Å². The van der Waals surface area contributed by atoms with E-state index < -0.39 is 9.84 Å². The second-order valence-electron chi connectivity index (χ2n) is 6.25. The molecule has 0 aliphatic carbocycles. The summed E-state index contributed by atoms with van der Waals surface area (Å²) >= 11 is 0. The first-order valence-electron chi connectivity index (χ1n) is 8.29. The van der Waals surface area contributed by atoms with E-state index in [4.69, 9.17) is 4.74 Å². The standard InChI is InChI=1S/C17H26N2O4S/c1-4-8-23-16-6-5-15(13(2)10-16)11-18-17(20)19-7-9-24(21,22)12-14(19)3/h5-6,10,14H,4,7-9,11-12H2,1-3H3,(H,18,20). The molecular formula is C17H26N2O4S. The summed E-state index contributed by atoms with van der Waals surface area (Å²) in [6.07, 6.45) is 0.959. The largest absolute Gasteiger partial charge is 0.494 e. The number of nitrogens with one attached hydrogen (secondary N) is 1. The number of aryl methyl sites for hydroxylation is 1. The van der Waals surface area contributed by atoms with Crippen LogP contribution in [-0.4, -0.2) is 50.0 Å². The summed E-state index contributed by atoms with van der Waals surface area (Å²) in [6, 6.07) is 5.30. The minimum atomic E-state index is -3.02. The molecule has 1 aliphatic heterocycles. The van der Waals surface area contributed by atoms with Gasteiger partial charge in [0.25, 0.3) is 0 Å². The number of urea groups is 1. The third-order valence-electron chi connectivity index (χ3n) is 4.15. The van der Waals surface area contributed by atoms with Crippen LogP contribution in [0, 0.1) is 6.92 Å². The van der Waals surface area contributed by atoms with E-state index in [1.165, 1.54) is 0 Å². The zero-order valence-electron chi connectivity index (χ0n) is 14.5. The normalized spacial score (nSPS) is 19.8. The van der Waals surface area contributed by atoms with E-state index in [1.54, 1.807) is 11.8 Å². The highest BCUT2D eigenvalue weighted by Gasteiger charge is 2.31. The number of carbonyl (C=O) groups excluding carboxylic acids is 1. The first-order valence-corrected chi connectivity index (χ1v) is 10.1. The lowest BCUT2D eigenvalue weighted by Gasteiger charge is -2.33. The summed E-state index contributed by atoms with van der Waals surface area (Å²) in [5.74, 6) is 0.898. The quantitative estimate of drug-likeness (QED) is 0.879. The van der Waals surface area contributed by atoms with Crippen molar-refractivity contribution in [2.24, 2.45) is 0 Å². The number of carbonyl (C=O) groups is 1. The first-order chi connectivity index (χ1) is 11.3. The fraction of sp³-hybridized carbons (Fsp3) is 0.588. The van der Waals surface area contributed by atoms with E-state index in [1.807, 2.05) is 25.1 Å². The van der Waals surface area contributed by atoms with Crippen LogP contribution < -0.4 is 10.1 Å². The fourth-order valence-electron chi connectivity index (χ4n) is 2.75. The Hall–Kier alpha value is -1.76. The van der Waals surface area contributed by atoms with Gasteiger partial charge in [0, 0.05) is 19.1 Å². The second-order valence-corrected chi connectivity index (χ2v) is 8.48. The van der Waals surface area contributed by atoms with Gasteiger partial charge in [0.2, 0.25) is 0 Å². The number of amides is 2. The van der Waals surface area contributed by atoms with Crippen LogP contribution in [-0.2, 0) is 16.4 Å². The number of sulfone groups is 1. The van der Waals surface area contributed by atoms with Crippen LogP contribution in [0.5, 0.6) is 5.75 Å². The number of benzene rings is 1. The summed E-state index contributed by atoms with van der Waals surface area (Å²) < 4.78 is 28.8. The Morgan fingerprint density at radius 3 is 2.79 bits per heavy atom. The molecule has 0 radical (unpaired) electrons. The van der Waals surface area contributed by atoms with Crippen molar-refractivity contribution >= 4 is 15.9 Å². The minimum absolute atomic E-state index is 0.0307. The van der Waals surface area contributed by atoms with E-state index in [9.17, 15) is 13.2 Å². The molecular weight excluding hydrogens is 328 g/mol. The average Bonchev–Trinajstić information content (AvgIpc) is 2.50. The van der Waals surface area contributed by atoms with Crippen LogP contribution in [0.2, 0.25) is 0 Å². The maximum Gasteiger partial charge on any atom is 0.317 e. The topological polar surface area (TPSA) is 75.7 Å². The van der Waals surface area contributed by atoms with Gasteiger partial charge in [-0.25, -0.2) is 13.2 Å². The van der Waals surface area contributed by atoms with Gasteiger partial charge in [0.05, 0.1) is 18.1 Å². The highest BCUT2D eigenvalue weighted by atomic mass is 32.2. The van der Waals surface area contributed by atoms with Crippen LogP contribution in [0.4, 0.5) is 4.79 Å². The van der Waals surface area contributed by atoms with Crippen molar-refractivity contribution in [2.45, 2.75) is 39.8 Å². The van der Waals surface area contributed by atoms with Crippen LogP contribution >= 0.6 is 0 Å². The average molecular weight is 354 g/mol. The minimum Gasteiger partial charge on any atom is -0.494 e. The fourth-order valence-corrected chi connectivity index (χ4v) is 4.31. The van der Waals surface area contributed by atoms with Crippen LogP contribution in [0.15, 0.2) is 18.2 Å². The molecule has 0 spiro atoms. The smallest absolute Gasteiger partial charge is 0.317 e. The molecule has 1 unspecified atom stereocenters. The van der Waals surface area contributed by atoms with E-state index in [0.29, 0.717) is 13.2 Å². The van der Waals surface area contributed by atoms with E-state index >= 15 is 0 Å². The maximum absolute atomic E-state index is 12.3. The maximum atomic E-state index is 12.3. The summed E-state index contributed by atoms with van der Waals surface area (Å²) in [7, 11) is -3.02. The molecule has 1 fully saturated rings. The van der Waals surface area contributed by atoms with Gasteiger partial charge < -0.3 is 15.0 Å². The SMILES string of the molecule is CCCOc1ccc(CNC(=O)N2CCS(=O)(=O)CC2C)c(C)c1. The monoisotopic (exact) mass is 354 g/mol. The molecule has 134 valence electrons. The molecule has 1 heterocycles. The number of ether oxygens (including phenoxy) is 1. The first kappa shape index (κ1) is 18.6. The molecule has 1 aliphatic rings. The van der Waals surface area contributed by atoms with Crippen LogP contribution in [0.1, 0.15) is 31.4 Å². The predicted molar refractivity (Wildman–Crippen MR) is 94.0 cm³/mol. The predicted octanol–water partition coefficient (Wildman–Crippen LogP) is 2.11. The Balaban J connectivity index is 1.92. The van der Waals surface area contributed by atoms with Gasteiger partial charge in [0.1, 0.15) is 5.75 Å². The molecule has 1 aromatic rings. The summed E-state index contributed by atoms with van der Waals surface area (Å²) in [4.78, 5) is 13.9. The molecule has 1 saturated heterocycles. The molecule has 0 aromatic heterocycles.